The van der Waals surface area contributed by atoms with E-state index in [-0.39, 0.29) is 6.03 Å². The molecule has 0 radical (unpaired) electrons. The van der Waals surface area contributed by atoms with E-state index in [2.05, 4.69) is 20.6 Å². The van der Waals surface area contributed by atoms with E-state index in [1.807, 2.05) is 36.1 Å². The normalized spacial score (nSPS) is 17.7. The highest BCUT2D eigenvalue weighted by atomic mass is 32.1. The average Bonchev–Trinajstić information content (AvgIpc) is 3.43. The van der Waals surface area contributed by atoms with Crippen LogP contribution in [0.2, 0.25) is 0 Å². The summed E-state index contributed by atoms with van der Waals surface area (Å²) in [7, 11) is 0. The smallest absolute Gasteiger partial charge is 0.321 e. The summed E-state index contributed by atoms with van der Waals surface area (Å²) in [6, 6.07) is 7.93. The van der Waals surface area contributed by atoms with Crippen molar-refractivity contribution in [1.29, 1.82) is 0 Å². The first kappa shape index (κ1) is 19.4. The molecule has 1 aromatic heterocycles. The van der Waals surface area contributed by atoms with Gasteiger partial charge in [-0.1, -0.05) is 12.1 Å². The number of thiazole rings is 1. The van der Waals surface area contributed by atoms with E-state index in [1.165, 1.54) is 12.8 Å². The Bertz CT molecular complexity index is 797. The van der Waals surface area contributed by atoms with Crippen LogP contribution in [0.15, 0.2) is 29.6 Å². The lowest BCUT2D eigenvalue weighted by atomic mass is 10.2. The number of nitrogens with one attached hydrogen (secondary N) is 1. The molecule has 2 heterocycles. The lowest BCUT2D eigenvalue weighted by molar-refractivity contribution is 0.111. The van der Waals surface area contributed by atoms with Crippen molar-refractivity contribution in [3.63, 3.8) is 0 Å². The molecule has 4 rings (SSSR count). The van der Waals surface area contributed by atoms with Crippen LogP contribution in [0.3, 0.4) is 0 Å². The summed E-state index contributed by atoms with van der Waals surface area (Å²) >= 11 is 1.69. The van der Waals surface area contributed by atoms with Crippen LogP contribution < -0.4 is 5.32 Å². The van der Waals surface area contributed by atoms with E-state index in [0.29, 0.717) is 6.61 Å². The quantitative estimate of drug-likeness (QED) is 0.769. The van der Waals surface area contributed by atoms with Crippen molar-refractivity contribution in [2.24, 2.45) is 5.92 Å². The Labute approximate surface area is 170 Å². The van der Waals surface area contributed by atoms with Crippen LogP contribution in [0.4, 0.5) is 10.5 Å². The van der Waals surface area contributed by atoms with Gasteiger partial charge >= 0.3 is 6.03 Å². The molecule has 0 bridgehead atoms. The minimum Gasteiger partial charge on any atom is -0.376 e. The third-order valence-electron chi connectivity index (χ3n) is 5.21. The Kier molecular flexibility index (Phi) is 6.24. The fraction of sp³-hybridized carbons (Fsp3) is 0.524. The van der Waals surface area contributed by atoms with Crippen LogP contribution in [0.5, 0.6) is 0 Å². The van der Waals surface area contributed by atoms with Crippen LogP contribution in [0.25, 0.3) is 0 Å². The van der Waals surface area contributed by atoms with Crippen molar-refractivity contribution >= 4 is 23.1 Å². The molecule has 1 aliphatic heterocycles. The second-order valence-corrected chi connectivity index (χ2v) is 8.77. The Morgan fingerprint density at radius 2 is 2.11 bits per heavy atom. The fourth-order valence-electron chi connectivity index (χ4n) is 3.39. The van der Waals surface area contributed by atoms with E-state index >= 15 is 0 Å². The lowest BCUT2D eigenvalue weighted by Crippen LogP contribution is -2.49. The maximum absolute atomic E-state index is 12.6. The van der Waals surface area contributed by atoms with Crippen LogP contribution in [-0.2, 0) is 17.9 Å². The summed E-state index contributed by atoms with van der Waals surface area (Å²) in [6.07, 6.45) is 2.60. The van der Waals surface area contributed by atoms with Crippen molar-refractivity contribution in [2.75, 3.05) is 38.1 Å². The second kappa shape index (κ2) is 9.03. The summed E-state index contributed by atoms with van der Waals surface area (Å²) in [5, 5.41) is 6.26. The lowest BCUT2D eigenvalue weighted by Gasteiger charge is -2.34. The van der Waals surface area contributed by atoms with Gasteiger partial charge in [-0.3, -0.25) is 4.90 Å². The SMILES string of the molecule is Cc1nc(CN2CCN(C(=O)Nc3cccc(COCC4CC4)c3)CC2)cs1. The van der Waals surface area contributed by atoms with Gasteiger partial charge in [-0.15, -0.1) is 11.3 Å². The number of amides is 2. The molecule has 28 heavy (non-hydrogen) atoms. The van der Waals surface area contributed by atoms with E-state index < -0.39 is 0 Å². The van der Waals surface area contributed by atoms with Gasteiger partial charge in [0.25, 0.3) is 0 Å². The van der Waals surface area contributed by atoms with Gasteiger partial charge < -0.3 is 15.0 Å². The molecule has 0 unspecified atom stereocenters. The zero-order chi connectivity index (χ0) is 19.3. The Morgan fingerprint density at radius 1 is 1.29 bits per heavy atom. The highest BCUT2D eigenvalue weighted by Gasteiger charge is 2.22. The summed E-state index contributed by atoms with van der Waals surface area (Å²) in [6.45, 7) is 7.57. The molecule has 2 aliphatic rings. The highest BCUT2D eigenvalue weighted by molar-refractivity contribution is 7.09. The topological polar surface area (TPSA) is 57.7 Å². The first-order chi connectivity index (χ1) is 13.7. The number of urea groups is 1. The number of ether oxygens (including phenoxy) is 1. The number of carbonyl (C=O) groups is 1. The number of nitrogens with zero attached hydrogens (tertiary/aromatic N) is 3. The van der Waals surface area contributed by atoms with E-state index in [0.717, 1.165) is 67.2 Å². The Morgan fingerprint density at radius 3 is 2.82 bits per heavy atom. The third kappa shape index (κ3) is 5.53. The molecule has 2 amide bonds. The minimum absolute atomic E-state index is 0.0276. The van der Waals surface area contributed by atoms with Crippen molar-refractivity contribution in [1.82, 2.24) is 14.8 Å². The molecule has 1 saturated heterocycles. The predicted octanol–water partition coefficient (Wildman–Crippen LogP) is 3.73. The van der Waals surface area contributed by atoms with Gasteiger partial charge in [0.15, 0.2) is 0 Å². The minimum atomic E-state index is -0.0276. The molecule has 1 saturated carbocycles. The Hall–Kier alpha value is -1.96. The van der Waals surface area contributed by atoms with Crippen molar-refractivity contribution in [2.45, 2.75) is 32.9 Å². The first-order valence-corrected chi connectivity index (χ1v) is 10.9. The van der Waals surface area contributed by atoms with Crippen LogP contribution in [0, 0.1) is 12.8 Å². The zero-order valence-corrected chi connectivity index (χ0v) is 17.2. The van der Waals surface area contributed by atoms with Crippen molar-refractivity contribution in [3.8, 4) is 0 Å². The molecule has 2 fully saturated rings. The molecule has 150 valence electrons. The van der Waals surface area contributed by atoms with Gasteiger partial charge in [0, 0.05) is 50.4 Å². The number of benzene rings is 1. The second-order valence-electron chi connectivity index (χ2n) is 7.71. The summed E-state index contributed by atoms with van der Waals surface area (Å²) in [4.78, 5) is 21.4. The third-order valence-corrected chi connectivity index (χ3v) is 6.03. The van der Waals surface area contributed by atoms with Crippen LogP contribution in [0.1, 0.15) is 29.1 Å². The number of aryl methyl sites for hydroxylation is 1. The maximum atomic E-state index is 12.6. The van der Waals surface area contributed by atoms with Gasteiger partial charge in [-0.2, -0.15) is 0 Å². The summed E-state index contributed by atoms with van der Waals surface area (Å²) < 4.78 is 5.75. The monoisotopic (exact) mass is 400 g/mol. The average molecular weight is 401 g/mol. The molecular formula is C21H28N4O2S. The van der Waals surface area contributed by atoms with Gasteiger partial charge in [-0.05, 0) is 43.4 Å². The van der Waals surface area contributed by atoms with Gasteiger partial charge in [0.1, 0.15) is 0 Å². The number of piperazine rings is 1. The summed E-state index contributed by atoms with van der Waals surface area (Å²) in [5.74, 6) is 0.765. The molecule has 2 aromatic rings. The van der Waals surface area contributed by atoms with Gasteiger partial charge in [0.2, 0.25) is 0 Å². The Balaban J connectivity index is 1.22. The molecule has 0 spiro atoms. The molecule has 6 nitrogen and oxygen atoms in total. The molecule has 7 heteroatoms. The van der Waals surface area contributed by atoms with Crippen molar-refractivity contribution < 1.29 is 9.53 Å². The molecule has 1 aliphatic carbocycles. The number of aromatic nitrogens is 1. The van der Waals surface area contributed by atoms with E-state index in [9.17, 15) is 4.79 Å². The fourth-order valence-corrected chi connectivity index (χ4v) is 3.99. The number of hydrogen-bond acceptors (Lipinski definition) is 5. The zero-order valence-electron chi connectivity index (χ0n) is 16.4. The molecule has 1 N–H and O–H groups in total. The summed E-state index contributed by atoms with van der Waals surface area (Å²) in [5.41, 5.74) is 3.06. The van der Waals surface area contributed by atoms with Crippen LogP contribution >= 0.6 is 11.3 Å². The highest BCUT2D eigenvalue weighted by Crippen LogP contribution is 2.29. The largest absolute Gasteiger partial charge is 0.376 e. The standard InChI is InChI=1S/C21H28N4O2S/c1-16-22-20(15-28-16)12-24-7-9-25(10-8-24)21(26)23-19-4-2-3-18(11-19)14-27-13-17-5-6-17/h2-4,11,15,17H,5-10,12-14H2,1H3,(H,23,26). The number of rotatable bonds is 7. The molecular weight excluding hydrogens is 372 g/mol. The van der Waals surface area contributed by atoms with E-state index in [1.54, 1.807) is 11.3 Å². The number of carbonyl (C=O) groups excluding carboxylic acids is 1. The number of anilines is 1. The molecule has 0 atom stereocenters. The molecule has 1 aromatic carbocycles. The van der Waals surface area contributed by atoms with Gasteiger partial charge in [0.05, 0.1) is 17.3 Å². The van der Waals surface area contributed by atoms with Crippen molar-refractivity contribution in [3.05, 3.63) is 45.9 Å². The van der Waals surface area contributed by atoms with Gasteiger partial charge in [-0.25, -0.2) is 9.78 Å². The maximum Gasteiger partial charge on any atom is 0.321 e. The van der Waals surface area contributed by atoms with Crippen LogP contribution in [-0.4, -0.2) is 53.6 Å². The first-order valence-electron chi connectivity index (χ1n) is 10.0. The number of hydrogen-bond donors (Lipinski definition) is 1. The predicted molar refractivity (Wildman–Crippen MR) is 112 cm³/mol. The van der Waals surface area contributed by atoms with E-state index in [4.69, 9.17) is 4.74 Å².